The van der Waals surface area contributed by atoms with Gasteiger partial charge in [-0.25, -0.2) is 5.01 Å². The predicted molar refractivity (Wildman–Crippen MR) is 75.8 cm³/mol. The van der Waals surface area contributed by atoms with Crippen LogP contribution in [0.1, 0.15) is 17.0 Å². The Labute approximate surface area is 108 Å². The first-order chi connectivity index (χ1) is 8.77. The quantitative estimate of drug-likeness (QED) is 0.793. The summed E-state index contributed by atoms with van der Waals surface area (Å²) in [6, 6.07) is 19.5. The molecule has 0 saturated carbocycles. The van der Waals surface area contributed by atoms with Gasteiger partial charge >= 0.3 is 0 Å². The van der Waals surface area contributed by atoms with E-state index in [1.54, 1.807) is 0 Å². The first-order valence-electron chi connectivity index (χ1n) is 6.36. The molecule has 0 aliphatic carbocycles. The van der Waals surface area contributed by atoms with E-state index in [4.69, 9.17) is 0 Å². The largest absolute Gasteiger partial charge is 0.305 e. The summed E-state index contributed by atoms with van der Waals surface area (Å²) in [5.41, 5.74) is 4.16. The maximum absolute atomic E-state index is 2.34. The SMILES string of the molecule is CN(C)N1C[C@H](c2ccccc2)c2ccccc21. The number of hydrazine groups is 1. The molecule has 0 amide bonds. The van der Waals surface area contributed by atoms with Crippen molar-refractivity contribution in [1.29, 1.82) is 0 Å². The molecule has 0 spiro atoms. The number of hydrogen-bond acceptors (Lipinski definition) is 2. The molecular weight excluding hydrogens is 220 g/mol. The number of nitrogens with zero attached hydrogens (tertiary/aromatic N) is 2. The molecule has 2 heteroatoms. The third kappa shape index (κ3) is 1.79. The highest BCUT2D eigenvalue weighted by Crippen LogP contribution is 2.39. The van der Waals surface area contributed by atoms with Crippen LogP contribution >= 0.6 is 0 Å². The standard InChI is InChI=1S/C16H18N2/c1-17(2)18-12-15(13-8-4-3-5-9-13)14-10-6-7-11-16(14)18/h3-11,15H,12H2,1-2H3/t15-/m1/s1. The van der Waals surface area contributed by atoms with Crippen molar-refractivity contribution in [3.63, 3.8) is 0 Å². The van der Waals surface area contributed by atoms with Crippen LogP contribution in [0.15, 0.2) is 54.6 Å². The van der Waals surface area contributed by atoms with E-state index in [2.05, 4.69) is 78.7 Å². The molecule has 0 N–H and O–H groups in total. The molecule has 1 atom stereocenters. The van der Waals surface area contributed by atoms with Crippen LogP contribution in [0.25, 0.3) is 0 Å². The molecule has 2 aromatic carbocycles. The fourth-order valence-corrected chi connectivity index (χ4v) is 2.74. The molecule has 0 fully saturated rings. The summed E-state index contributed by atoms with van der Waals surface area (Å²) in [6.07, 6.45) is 0. The van der Waals surface area contributed by atoms with Crippen molar-refractivity contribution in [3.05, 3.63) is 65.7 Å². The molecule has 18 heavy (non-hydrogen) atoms. The van der Waals surface area contributed by atoms with Gasteiger partial charge in [0.1, 0.15) is 0 Å². The highest BCUT2D eigenvalue weighted by Gasteiger charge is 2.30. The predicted octanol–water partition coefficient (Wildman–Crippen LogP) is 3.12. The molecule has 2 aromatic rings. The van der Waals surface area contributed by atoms with Gasteiger partial charge in [0.15, 0.2) is 0 Å². The second-order valence-corrected chi connectivity index (χ2v) is 4.95. The highest BCUT2D eigenvalue weighted by molar-refractivity contribution is 5.61. The zero-order valence-corrected chi connectivity index (χ0v) is 10.9. The van der Waals surface area contributed by atoms with Crippen LogP contribution in [0.5, 0.6) is 0 Å². The number of rotatable bonds is 2. The monoisotopic (exact) mass is 238 g/mol. The topological polar surface area (TPSA) is 6.48 Å². The Hall–Kier alpha value is -1.80. The van der Waals surface area contributed by atoms with E-state index in [0.717, 1.165) is 6.54 Å². The molecule has 0 saturated heterocycles. The van der Waals surface area contributed by atoms with E-state index in [9.17, 15) is 0 Å². The average molecular weight is 238 g/mol. The average Bonchev–Trinajstić information content (AvgIpc) is 2.79. The number of fused-ring (bicyclic) bond motifs is 1. The van der Waals surface area contributed by atoms with Crippen molar-refractivity contribution in [3.8, 4) is 0 Å². The smallest absolute Gasteiger partial charge is 0.0561 e. The Morgan fingerprint density at radius 1 is 0.944 bits per heavy atom. The number of para-hydroxylation sites is 1. The molecule has 2 nitrogen and oxygen atoms in total. The van der Waals surface area contributed by atoms with Crippen LogP contribution in [0.3, 0.4) is 0 Å². The second kappa shape index (κ2) is 4.46. The summed E-state index contributed by atoms with van der Waals surface area (Å²) in [6.45, 7) is 1.02. The zero-order chi connectivity index (χ0) is 12.5. The Kier molecular flexibility index (Phi) is 2.80. The van der Waals surface area contributed by atoms with Crippen LogP contribution in [0, 0.1) is 0 Å². The summed E-state index contributed by atoms with van der Waals surface area (Å²) >= 11 is 0. The fraction of sp³-hybridized carbons (Fsp3) is 0.250. The lowest BCUT2D eigenvalue weighted by Crippen LogP contribution is -2.35. The first kappa shape index (κ1) is 11.3. The maximum Gasteiger partial charge on any atom is 0.0561 e. The van der Waals surface area contributed by atoms with Crippen LogP contribution in [-0.2, 0) is 0 Å². The summed E-state index contributed by atoms with van der Waals surface area (Å²) in [5.74, 6) is 0.477. The molecular formula is C16H18N2. The van der Waals surface area contributed by atoms with Crippen LogP contribution in [0.2, 0.25) is 0 Å². The lowest BCUT2D eigenvalue weighted by molar-refractivity contribution is 0.376. The van der Waals surface area contributed by atoms with Gasteiger partial charge in [0, 0.05) is 26.6 Å². The van der Waals surface area contributed by atoms with Gasteiger partial charge in [0.25, 0.3) is 0 Å². The van der Waals surface area contributed by atoms with Gasteiger partial charge in [-0.15, -0.1) is 0 Å². The van der Waals surface area contributed by atoms with Gasteiger partial charge in [-0.2, -0.15) is 0 Å². The highest BCUT2D eigenvalue weighted by atomic mass is 15.6. The van der Waals surface area contributed by atoms with Gasteiger partial charge < -0.3 is 5.01 Å². The molecule has 0 unspecified atom stereocenters. The summed E-state index contributed by atoms with van der Waals surface area (Å²) < 4.78 is 0. The molecule has 0 radical (unpaired) electrons. The Balaban J connectivity index is 2.05. The van der Waals surface area contributed by atoms with Crippen LogP contribution in [-0.4, -0.2) is 25.6 Å². The maximum atomic E-state index is 2.34. The molecule has 3 rings (SSSR count). The minimum absolute atomic E-state index is 0.477. The Morgan fingerprint density at radius 3 is 2.33 bits per heavy atom. The van der Waals surface area contributed by atoms with E-state index in [-0.39, 0.29) is 0 Å². The van der Waals surface area contributed by atoms with Gasteiger partial charge in [-0.05, 0) is 17.2 Å². The van der Waals surface area contributed by atoms with Gasteiger partial charge in [0.05, 0.1) is 5.69 Å². The molecule has 1 aliphatic heterocycles. The zero-order valence-electron chi connectivity index (χ0n) is 10.9. The van der Waals surface area contributed by atoms with Crippen LogP contribution < -0.4 is 5.01 Å². The normalized spacial score (nSPS) is 18.2. The molecule has 1 heterocycles. The minimum Gasteiger partial charge on any atom is -0.305 e. The molecule has 0 bridgehead atoms. The summed E-state index contributed by atoms with van der Waals surface area (Å²) in [4.78, 5) is 0. The van der Waals surface area contributed by atoms with Crippen molar-refractivity contribution in [1.82, 2.24) is 5.01 Å². The van der Waals surface area contributed by atoms with Crippen molar-refractivity contribution in [2.24, 2.45) is 0 Å². The molecule has 92 valence electrons. The third-order valence-electron chi connectivity index (χ3n) is 3.63. The lowest BCUT2D eigenvalue weighted by Gasteiger charge is -2.27. The lowest BCUT2D eigenvalue weighted by atomic mass is 9.93. The van der Waals surface area contributed by atoms with E-state index in [1.165, 1.54) is 16.8 Å². The number of hydrogen-bond donors (Lipinski definition) is 0. The fourth-order valence-electron chi connectivity index (χ4n) is 2.74. The summed E-state index contributed by atoms with van der Waals surface area (Å²) in [7, 11) is 4.20. The van der Waals surface area contributed by atoms with Crippen molar-refractivity contribution in [2.45, 2.75) is 5.92 Å². The number of benzene rings is 2. The Morgan fingerprint density at radius 2 is 1.61 bits per heavy atom. The van der Waals surface area contributed by atoms with Crippen molar-refractivity contribution < 1.29 is 0 Å². The van der Waals surface area contributed by atoms with E-state index >= 15 is 0 Å². The van der Waals surface area contributed by atoms with Gasteiger partial charge in [0.2, 0.25) is 0 Å². The van der Waals surface area contributed by atoms with E-state index < -0.39 is 0 Å². The van der Waals surface area contributed by atoms with Crippen LogP contribution in [0.4, 0.5) is 5.69 Å². The van der Waals surface area contributed by atoms with E-state index in [1.807, 2.05) is 0 Å². The van der Waals surface area contributed by atoms with Crippen molar-refractivity contribution >= 4 is 5.69 Å². The Bertz CT molecular complexity index is 534. The van der Waals surface area contributed by atoms with Gasteiger partial charge in [-0.1, -0.05) is 48.5 Å². The van der Waals surface area contributed by atoms with E-state index in [0.29, 0.717) is 5.92 Å². The summed E-state index contributed by atoms with van der Waals surface area (Å²) in [5, 5.41) is 4.51. The second-order valence-electron chi connectivity index (χ2n) is 4.95. The third-order valence-corrected chi connectivity index (χ3v) is 3.63. The van der Waals surface area contributed by atoms with Gasteiger partial charge in [-0.3, -0.25) is 0 Å². The first-order valence-corrected chi connectivity index (χ1v) is 6.36. The van der Waals surface area contributed by atoms with Crippen molar-refractivity contribution in [2.75, 3.05) is 25.6 Å². The molecule has 0 aromatic heterocycles. The minimum atomic E-state index is 0.477. The number of anilines is 1. The molecule has 1 aliphatic rings.